The van der Waals surface area contributed by atoms with Crippen LogP contribution in [0.4, 0.5) is 17.6 Å². The van der Waals surface area contributed by atoms with Gasteiger partial charge in [-0.15, -0.1) is 0 Å². The molecule has 2 aliphatic heterocycles. The Hall–Kier alpha value is -1.63. The zero-order valence-electron chi connectivity index (χ0n) is 16.1. The van der Waals surface area contributed by atoms with E-state index in [1.165, 1.54) is 32.1 Å². The first-order valence-corrected chi connectivity index (χ1v) is 10.5. The molecule has 3 rings (SSSR count). The summed E-state index contributed by atoms with van der Waals surface area (Å²) in [6.07, 6.45) is 7.27. The third kappa shape index (κ3) is 5.19. The van der Waals surface area contributed by atoms with Crippen LogP contribution in [0.3, 0.4) is 0 Å². The third-order valence-electron chi connectivity index (χ3n) is 5.25. The number of thiocarbonyl (C=S) groups is 1. The van der Waals surface area contributed by atoms with Crippen molar-refractivity contribution in [1.29, 1.82) is 0 Å². The normalized spacial score (nSPS) is 18.7. The predicted octanol–water partition coefficient (Wildman–Crippen LogP) is 3.40. The Labute approximate surface area is 162 Å². The molecule has 3 heterocycles. The summed E-state index contributed by atoms with van der Waals surface area (Å²) in [5, 5.41) is 6.99. The first-order valence-electron chi connectivity index (χ1n) is 10.1. The Bertz CT molecular complexity index is 594. The number of piperidine rings is 2. The Kier molecular flexibility index (Phi) is 6.88. The van der Waals surface area contributed by atoms with Crippen LogP contribution in [-0.2, 0) is 0 Å². The van der Waals surface area contributed by atoms with Crippen LogP contribution in [0.5, 0.6) is 0 Å². The summed E-state index contributed by atoms with van der Waals surface area (Å²) < 4.78 is 0. The SMILES string of the molecule is CCCNC(=S)Nc1nc(N2CCCCC2)cc(N2CCC(C)CC2)n1. The highest BCUT2D eigenvalue weighted by atomic mass is 32.1. The first-order chi connectivity index (χ1) is 12.7. The van der Waals surface area contributed by atoms with Gasteiger partial charge in [-0.25, -0.2) is 0 Å². The molecule has 0 radical (unpaired) electrons. The molecule has 0 saturated carbocycles. The lowest BCUT2D eigenvalue weighted by Crippen LogP contribution is -2.35. The van der Waals surface area contributed by atoms with Gasteiger partial charge in [-0.05, 0) is 56.7 Å². The van der Waals surface area contributed by atoms with Gasteiger partial charge in [0.2, 0.25) is 5.95 Å². The molecule has 0 unspecified atom stereocenters. The standard InChI is InChI=1S/C19H32N6S/c1-3-9-20-19(26)23-18-21-16(24-10-5-4-6-11-24)14-17(22-18)25-12-7-15(2)8-13-25/h14-15H,3-13H2,1-2H3,(H2,20,21,22,23,26). The number of rotatable bonds is 5. The van der Waals surface area contributed by atoms with Crippen molar-refractivity contribution >= 4 is 34.9 Å². The van der Waals surface area contributed by atoms with E-state index in [0.29, 0.717) is 11.1 Å². The third-order valence-corrected chi connectivity index (χ3v) is 5.49. The molecule has 0 atom stereocenters. The van der Waals surface area contributed by atoms with Crippen molar-refractivity contribution in [2.45, 2.75) is 52.4 Å². The van der Waals surface area contributed by atoms with E-state index >= 15 is 0 Å². The summed E-state index contributed by atoms with van der Waals surface area (Å²) >= 11 is 5.39. The lowest BCUT2D eigenvalue weighted by Gasteiger charge is -2.33. The Morgan fingerprint density at radius 1 is 1.08 bits per heavy atom. The molecule has 26 heavy (non-hydrogen) atoms. The quantitative estimate of drug-likeness (QED) is 0.764. The largest absolute Gasteiger partial charge is 0.362 e. The van der Waals surface area contributed by atoms with E-state index in [0.717, 1.165) is 56.7 Å². The zero-order chi connectivity index (χ0) is 18.4. The molecule has 1 aromatic heterocycles. The fourth-order valence-corrected chi connectivity index (χ4v) is 3.74. The summed E-state index contributed by atoms with van der Waals surface area (Å²) in [4.78, 5) is 14.3. The van der Waals surface area contributed by atoms with Gasteiger partial charge in [0.25, 0.3) is 0 Å². The van der Waals surface area contributed by atoms with Crippen LogP contribution in [-0.4, -0.2) is 47.8 Å². The summed E-state index contributed by atoms with van der Waals surface area (Å²) in [5.74, 6) is 3.45. The maximum absolute atomic E-state index is 5.39. The van der Waals surface area contributed by atoms with Crippen molar-refractivity contribution in [3.05, 3.63) is 6.07 Å². The topological polar surface area (TPSA) is 56.3 Å². The van der Waals surface area contributed by atoms with Crippen molar-refractivity contribution in [2.75, 3.05) is 47.8 Å². The minimum atomic E-state index is 0.598. The van der Waals surface area contributed by atoms with Crippen LogP contribution in [0.25, 0.3) is 0 Å². The second-order valence-corrected chi connectivity index (χ2v) is 7.91. The molecule has 0 amide bonds. The number of nitrogens with zero attached hydrogens (tertiary/aromatic N) is 4. The minimum absolute atomic E-state index is 0.598. The molecule has 0 aliphatic carbocycles. The van der Waals surface area contributed by atoms with E-state index in [1.54, 1.807) is 0 Å². The van der Waals surface area contributed by atoms with Crippen LogP contribution >= 0.6 is 12.2 Å². The van der Waals surface area contributed by atoms with E-state index in [2.05, 4.69) is 40.3 Å². The van der Waals surface area contributed by atoms with Crippen LogP contribution in [0, 0.1) is 5.92 Å². The first kappa shape index (κ1) is 19.1. The average Bonchev–Trinajstić information content (AvgIpc) is 2.67. The molecule has 0 aromatic carbocycles. The average molecular weight is 377 g/mol. The van der Waals surface area contributed by atoms with Gasteiger partial charge in [0.15, 0.2) is 5.11 Å². The fraction of sp³-hybridized carbons (Fsp3) is 0.737. The highest BCUT2D eigenvalue weighted by Crippen LogP contribution is 2.27. The van der Waals surface area contributed by atoms with Crippen molar-refractivity contribution in [1.82, 2.24) is 15.3 Å². The summed E-state index contributed by atoms with van der Waals surface area (Å²) in [6, 6.07) is 2.16. The highest BCUT2D eigenvalue weighted by molar-refractivity contribution is 7.80. The molecule has 0 bridgehead atoms. The van der Waals surface area contributed by atoms with Gasteiger partial charge in [-0.2, -0.15) is 9.97 Å². The van der Waals surface area contributed by atoms with E-state index in [1.807, 2.05) is 0 Å². The monoisotopic (exact) mass is 376 g/mol. The Morgan fingerprint density at radius 2 is 1.69 bits per heavy atom. The molecule has 6 nitrogen and oxygen atoms in total. The zero-order valence-corrected chi connectivity index (χ0v) is 16.9. The van der Waals surface area contributed by atoms with Gasteiger partial charge in [-0.3, -0.25) is 0 Å². The Balaban J connectivity index is 1.80. The molecule has 1 aromatic rings. The fourth-order valence-electron chi connectivity index (χ4n) is 3.55. The van der Waals surface area contributed by atoms with Crippen molar-refractivity contribution in [3.8, 4) is 0 Å². The summed E-state index contributed by atoms with van der Waals surface area (Å²) in [6.45, 7) is 9.59. The van der Waals surface area contributed by atoms with Gasteiger partial charge in [0.05, 0.1) is 0 Å². The number of hydrogen-bond acceptors (Lipinski definition) is 5. The summed E-state index contributed by atoms with van der Waals surface area (Å²) in [5.41, 5.74) is 0. The molecular formula is C19H32N6S. The molecule has 2 N–H and O–H groups in total. The number of nitrogens with one attached hydrogen (secondary N) is 2. The lowest BCUT2D eigenvalue weighted by atomic mass is 9.99. The van der Waals surface area contributed by atoms with Crippen molar-refractivity contribution < 1.29 is 0 Å². The van der Waals surface area contributed by atoms with E-state index in [9.17, 15) is 0 Å². The minimum Gasteiger partial charge on any atom is -0.362 e. The van der Waals surface area contributed by atoms with E-state index < -0.39 is 0 Å². The van der Waals surface area contributed by atoms with Gasteiger partial charge >= 0.3 is 0 Å². The molecule has 0 spiro atoms. The maximum Gasteiger partial charge on any atom is 0.232 e. The lowest BCUT2D eigenvalue weighted by molar-refractivity contribution is 0.436. The number of anilines is 3. The molecule has 2 fully saturated rings. The maximum atomic E-state index is 5.39. The Morgan fingerprint density at radius 3 is 2.31 bits per heavy atom. The van der Waals surface area contributed by atoms with Gasteiger partial charge in [-0.1, -0.05) is 13.8 Å². The number of hydrogen-bond donors (Lipinski definition) is 2. The van der Waals surface area contributed by atoms with Crippen molar-refractivity contribution in [3.63, 3.8) is 0 Å². The van der Waals surface area contributed by atoms with Gasteiger partial charge < -0.3 is 20.4 Å². The van der Waals surface area contributed by atoms with Crippen LogP contribution in [0.15, 0.2) is 6.07 Å². The molecule has 2 saturated heterocycles. The number of aromatic nitrogens is 2. The summed E-state index contributed by atoms with van der Waals surface area (Å²) in [7, 11) is 0. The molecule has 2 aliphatic rings. The van der Waals surface area contributed by atoms with Crippen LogP contribution in [0.2, 0.25) is 0 Å². The van der Waals surface area contributed by atoms with Crippen molar-refractivity contribution in [2.24, 2.45) is 5.92 Å². The molecule has 7 heteroatoms. The van der Waals surface area contributed by atoms with Gasteiger partial charge in [0.1, 0.15) is 11.6 Å². The van der Waals surface area contributed by atoms with Gasteiger partial charge in [0, 0.05) is 38.8 Å². The van der Waals surface area contributed by atoms with E-state index in [-0.39, 0.29) is 0 Å². The molecule has 144 valence electrons. The van der Waals surface area contributed by atoms with Crippen LogP contribution < -0.4 is 20.4 Å². The highest BCUT2D eigenvalue weighted by Gasteiger charge is 2.21. The predicted molar refractivity (Wildman–Crippen MR) is 113 cm³/mol. The van der Waals surface area contributed by atoms with E-state index in [4.69, 9.17) is 22.2 Å². The molecular weight excluding hydrogens is 344 g/mol. The van der Waals surface area contributed by atoms with Crippen LogP contribution in [0.1, 0.15) is 52.4 Å². The second-order valence-electron chi connectivity index (χ2n) is 7.51. The second kappa shape index (κ2) is 9.35. The smallest absolute Gasteiger partial charge is 0.232 e.